The number of aromatic amines is 1. The summed E-state index contributed by atoms with van der Waals surface area (Å²) in [6, 6.07) is 9.20. The smallest absolute Gasteiger partial charge is 0.407 e. The van der Waals surface area contributed by atoms with Crippen LogP contribution in [0.4, 0.5) is 10.5 Å². The first kappa shape index (κ1) is 12.5. The molecule has 20 heavy (non-hydrogen) atoms. The largest absolute Gasteiger partial charge is 0.465 e. The van der Waals surface area contributed by atoms with Crippen molar-refractivity contribution in [3.63, 3.8) is 0 Å². The van der Waals surface area contributed by atoms with Gasteiger partial charge in [-0.25, -0.2) is 4.79 Å². The highest BCUT2D eigenvalue weighted by Crippen LogP contribution is 2.21. The number of rotatable bonds is 1. The Morgan fingerprint density at radius 2 is 1.80 bits per heavy atom. The molecule has 0 saturated carbocycles. The second kappa shape index (κ2) is 4.88. The van der Waals surface area contributed by atoms with E-state index in [1.807, 2.05) is 18.2 Å². The number of pyridine rings is 1. The van der Waals surface area contributed by atoms with Crippen molar-refractivity contribution in [2.75, 3.05) is 31.1 Å². The molecule has 0 spiro atoms. The van der Waals surface area contributed by atoms with E-state index in [1.54, 1.807) is 6.07 Å². The maximum absolute atomic E-state index is 11.3. The van der Waals surface area contributed by atoms with Gasteiger partial charge in [0.1, 0.15) is 0 Å². The molecule has 1 saturated heterocycles. The summed E-state index contributed by atoms with van der Waals surface area (Å²) in [5.74, 6) is 0. The van der Waals surface area contributed by atoms with Crippen LogP contribution >= 0.6 is 0 Å². The molecule has 2 N–H and O–H groups in total. The Morgan fingerprint density at radius 3 is 2.50 bits per heavy atom. The molecular formula is C14H15N3O3. The van der Waals surface area contributed by atoms with Gasteiger partial charge >= 0.3 is 6.09 Å². The van der Waals surface area contributed by atoms with E-state index in [9.17, 15) is 9.59 Å². The van der Waals surface area contributed by atoms with E-state index in [-0.39, 0.29) is 5.56 Å². The highest BCUT2D eigenvalue weighted by Gasteiger charge is 2.20. The maximum Gasteiger partial charge on any atom is 0.407 e. The molecular weight excluding hydrogens is 258 g/mol. The van der Waals surface area contributed by atoms with Crippen LogP contribution in [0, 0.1) is 0 Å². The number of piperazine rings is 1. The highest BCUT2D eigenvalue weighted by atomic mass is 16.4. The number of anilines is 1. The number of amides is 1. The first-order valence-electron chi connectivity index (χ1n) is 6.49. The van der Waals surface area contributed by atoms with Crippen molar-refractivity contribution in [1.29, 1.82) is 0 Å². The molecule has 0 aliphatic carbocycles. The van der Waals surface area contributed by atoms with E-state index < -0.39 is 6.09 Å². The minimum Gasteiger partial charge on any atom is -0.465 e. The number of nitrogens with one attached hydrogen (secondary N) is 1. The van der Waals surface area contributed by atoms with Crippen molar-refractivity contribution in [2.45, 2.75) is 0 Å². The van der Waals surface area contributed by atoms with Crippen LogP contribution in [-0.2, 0) is 0 Å². The number of hydrogen-bond acceptors (Lipinski definition) is 3. The normalized spacial score (nSPS) is 15.6. The van der Waals surface area contributed by atoms with Crippen molar-refractivity contribution < 1.29 is 9.90 Å². The standard InChI is InChI=1S/C14H15N3O3/c18-13-4-2-10-1-3-11(9-12(10)15-13)16-5-7-17(8-6-16)14(19)20/h1-4,9H,5-8H2,(H,15,18)(H,19,20). The third kappa shape index (κ3) is 2.32. The summed E-state index contributed by atoms with van der Waals surface area (Å²) in [4.78, 5) is 28.6. The SMILES string of the molecule is O=C(O)N1CCN(c2ccc3ccc(=O)[nH]c3c2)CC1. The maximum atomic E-state index is 11.3. The minimum absolute atomic E-state index is 0.120. The fraction of sp³-hybridized carbons (Fsp3) is 0.286. The van der Waals surface area contributed by atoms with Crippen molar-refractivity contribution in [3.05, 3.63) is 40.7 Å². The van der Waals surface area contributed by atoms with E-state index >= 15 is 0 Å². The van der Waals surface area contributed by atoms with Gasteiger partial charge in [-0.05, 0) is 23.6 Å². The van der Waals surface area contributed by atoms with E-state index in [0.29, 0.717) is 26.2 Å². The topological polar surface area (TPSA) is 76.6 Å². The average molecular weight is 273 g/mol. The summed E-state index contributed by atoms with van der Waals surface area (Å²) in [6.45, 7) is 2.32. The molecule has 3 rings (SSSR count). The Labute approximate surface area is 115 Å². The molecule has 0 bridgehead atoms. The van der Waals surface area contributed by atoms with Gasteiger partial charge in [0.2, 0.25) is 5.56 Å². The summed E-state index contributed by atoms with van der Waals surface area (Å²) in [6.07, 6.45) is -0.868. The molecule has 0 atom stereocenters. The highest BCUT2D eigenvalue weighted by molar-refractivity contribution is 5.82. The number of hydrogen-bond donors (Lipinski definition) is 2. The van der Waals surface area contributed by atoms with Crippen LogP contribution in [0.15, 0.2) is 35.1 Å². The lowest BCUT2D eigenvalue weighted by Crippen LogP contribution is -2.48. The Hall–Kier alpha value is -2.50. The first-order valence-corrected chi connectivity index (χ1v) is 6.49. The molecule has 2 aromatic rings. The number of carboxylic acid groups (broad SMARTS) is 1. The average Bonchev–Trinajstić information content (AvgIpc) is 2.46. The lowest BCUT2D eigenvalue weighted by Gasteiger charge is -2.34. The van der Waals surface area contributed by atoms with Crippen LogP contribution in [0.1, 0.15) is 0 Å². The van der Waals surface area contributed by atoms with Gasteiger partial charge in [0.05, 0.1) is 5.52 Å². The second-order valence-electron chi connectivity index (χ2n) is 4.85. The quantitative estimate of drug-likeness (QED) is 0.821. The van der Waals surface area contributed by atoms with Crippen molar-refractivity contribution in [3.8, 4) is 0 Å². The van der Waals surface area contributed by atoms with Crippen molar-refractivity contribution in [1.82, 2.24) is 9.88 Å². The van der Waals surface area contributed by atoms with E-state index in [1.165, 1.54) is 11.0 Å². The molecule has 2 heterocycles. The molecule has 1 aliphatic heterocycles. The molecule has 1 aromatic carbocycles. The lowest BCUT2D eigenvalue weighted by atomic mass is 10.1. The van der Waals surface area contributed by atoms with Crippen LogP contribution in [0.3, 0.4) is 0 Å². The molecule has 1 amide bonds. The Kier molecular flexibility index (Phi) is 3.06. The van der Waals surface area contributed by atoms with E-state index in [2.05, 4.69) is 9.88 Å². The number of H-pyrrole nitrogens is 1. The third-order valence-electron chi connectivity index (χ3n) is 3.62. The van der Waals surface area contributed by atoms with E-state index in [0.717, 1.165) is 16.6 Å². The van der Waals surface area contributed by atoms with E-state index in [4.69, 9.17) is 5.11 Å². The predicted octanol–water partition coefficient (Wildman–Crippen LogP) is 1.33. The van der Waals surface area contributed by atoms with Gasteiger partial charge in [-0.15, -0.1) is 0 Å². The monoisotopic (exact) mass is 273 g/mol. The molecule has 6 heteroatoms. The number of aromatic nitrogens is 1. The summed E-state index contributed by atoms with van der Waals surface area (Å²) in [5, 5.41) is 9.92. The summed E-state index contributed by atoms with van der Waals surface area (Å²) in [5.41, 5.74) is 1.69. The Morgan fingerprint density at radius 1 is 1.10 bits per heavy atom. The summed E-state index contributed by atoms with van der Waals surface area (Å²) < 4.78 is 0. The van der Waals surface area contributed by atoms with Gasteiger partial charge in [-0.3, -0.25) is 4.79 Å². The Balaban J connectivity index is 1.84. The number of nitrogens with zero attached hydrogens (tertiary/aromatic N) is 2. The van der Waals surface area contributed by atoms with Gasteiger partial charge < -0.3 is 19.9 Å². The van der Waals surface area contributed by atoms with Crippen molar-refractivity contribution >= 4 is 22.7 Å². The zero-order valence-electron chi connectivity index (χ0n) is 10.9. The molecule has 1 aliphatic rings. The molecule has 1 aromatic heterocycles. The summed E-state index contributed by atoms with van der Waals surface area (Å²) >= 11 is 0. The first-order chi connectivity index (χ1) is 9.63. The number of fused-ring (bicyclic) bond motifs is 1. The fourth-order valence-corrected chi connectivity index (χ4v) is 2.49. The van der Waals surface area contributed by atoms with Gasteiger partial charge in [-0.1, -0.05) is 6.07 Å². The zero-order chi connectivity index (χ0) is 14.1. The van der Waals surface area contributed by atoms with Crippen LogP contribution in [-0.4, -0.2) is 47.3 Å². The van der Waals surface area contributed by atoms with Crippen LogP contribution in [0.2, 0.25) is 0 Å². The molecule has 6 nitrogen and oxygen atoms in total. The number of benzene rings is 1. The Bertz CT molecular complexity index is 702. The lowest BCUT2D eigenvalue weighted by molar-refractivity contribution is 0.142. The molecule has 1 fully saturated rings. The van der Waals surface area contributed by atoms with Crippen molar-refractivity contribution in [2.24, 2.45) is 0 Å². The van der Waals surface area contributed by atoms with Crippen LogP contribution < -0.4 is 10.5 Å². The van der Waals surface area contributed by atoms with Gasteiger partial charge in [-0.2, -0.15) is 0 Å². The minimum atomic E-state index is -0.868. The second-order valence-corrected chi connectivity index (χ2v) is 4.85. The number of carbonyl (C=O) groups is 1. The molecule has 0 radical (unpaired) electrons. The van der Waals surface area contributed by atoms with Gasteiger partial charge in [0.25, 0.3) is 0 Å². The fourth-order valence-electron chi connectivity index (χ4n) is 2.49. The van der Waals surface area contributed by atoms with Gasteiger partial charge in [0.15, 0.2) is 0 Å². The summed E-state index contributed by atoms with van der Waals surface area (Å²) in [7, 11) is 0. The predicted molar refractivity (Wildman–Crippen MR) is 76.4 cm³/mol. The van der Waals surface area contributed by atoms with Crippen LogP contribution in [0.5, 0.6) is 0 Å². The molecule has 104 valence electrons. The third-order valence-corrected chi connectivity index (χ3v) is 3.62. The van der Waals surface area contributed by atoms with Gasteiger partial charge in [0, 0.05) is 37.9 Å². The molecule has 0 unspecified atom stereocenters. The zero-order valence-corrected chi connectivity index (χ0v) is 10.9. The van der Waals surface area contributed by atoms with Crippen LogP contribution in [0.25, 0.3) is 10.9 Å².